The Morgan fingerprint density at radius 3 is 2.57 bits per heavy atom. The summed E-state index contributed by atoms with van der Waals surface area (Å²) < 4.78 is 38.6. The van der Waals surface area contributed by atoms with Crippen molar-refractivity contribution in [1.29, 1.82) is 0 Å². The summed E-state index contributed by atoms with van der Waals surface area (Å²) >= 11 is 1.19. The van der Waals surface area contributed by atoms with Crippen molar-refractivity contribution in [2.75, 3.05) is 13.4 Å². The Morgan fingerprint density at radius 1 is 1.17 bits per heavy atom. The molecule has 0 amide bonds. The number of benzene rings is 2. The van der Waals surface area contributed by atoms with Gasteiger partial charge >= 0.3 is 0 Å². The number of hydrogen-bond acceptors (Lipinski definition) is 6. The van der Waals surface area contributed by atoms with Gasteiger partial charge in [0, 0.05) is 5.56 Å². The standard InChI is InChI=1S/C21H22F2N4O2S/c1-4-14-5-8-17(9-6-14)29-13-16-11-15(7-10-18(16)28-2)12-24-27-20(19(22)23)25-26-21(27)30-3/h5-12,19H,4,13H2,1-3H3/b24-12-. The van der Waals surface area contributed by atoms with Crippen LogP contribution in [0.5, 0.6) is 11.5 Å². The summed E-state index contributed by atoms with van der Waals surface area (Å²) in [4.78, 5) is 0. The molecule has 3 rings (SSSR count). The minimum atomic E-state index is -2.77. The second-order valence-corrected chi connectivity index (χ2v) is 7.03. The van der Waals surface area contributed by atoms with Crippen molar-refractivity contribution in [3.63, 3.8) is 0 Å². The smallest absolute Gasteiger partial charge is 0.299 e. The minimum Gasteiger partial charge on any atom is -0.496 e. The number of methoxy groups -OCH3 is 1. The Kier molecular flexibility index (Phi) is 7.40. The molecule has 158 valence electrons. The van der Waals surface area contributed by atoms with Crippen molar-refractivity contribution >= 4 is 18.0 Å². The molecular formula is C21H22F2N4O2S. The number of hydrogen-bond donors (Lipinski definition) is 0. The van der Waals surface area contributed by atoms with E-state index in [9.17, 15) is 8.78 Å². The van der Waals surface area contributed by atoms with E-state index >= 15 is 0 Å². The van der Waals surface area contributed by atoms with Gasteiger partial charge in [0.1, 0.15) is 18.1 Å². The molecule has 1 heterocycles. The van der Waals surface area contributed by atoms with Crippen molar-refractivity contribution in [2.45, 2.75) is 31.5 Å². The van der Waals surface area contributed by atoms with Gasteiger partial charge in [-0.25, -0.2) is 8.78 Å². The molecular weight excluding hydrogens is 410 g/mol. The van der Waals surface area contributed by atoms with E-state index in [2.05, 4.69) is 22.2 Å². The number of rotatable bonds is 9. The van der Waals surface area contributed by atoms with Crippen LogP contribution in [0, 0.1) is 0 Å². The summed E-state index contributed by atoms with van der Waals surface area (Å²) in [6.07, 6.45) is 1.40. The Balaban J connectivity index is 1.80. The lowest BCUT2D eigenvalue weighted by molar-refractivity contribution is 0.135. The van der Waals surface area contributed by atoms with Crippen LogP contribution in [-0.2, 0) is 13.0 Å². The SMILES string of the molecule is CCc1ccc(OCc2cc(/C=N\n3c(SC)nnc3C(F)F)ccc2OC)cc1. The maximum Gasteiger partial charge on any atom is 0.299 e. The summed E-state index contributed by atoms with van der Waals surface area (Å²) in [5, 5.41) is 11.7. The fraction of sp³-hybridized carbons (Fsp3) is 0.286. The van der Waals surface area contributed by atoms with Gasteiger partial charge in [0.05, 0.1) is 13.3 Å². The van der Waals surface area contributed by atoms with E-state index in [1.54, 1.807) is 25.5 Å². The van der Waals surface area contributed by atoms with E-state index in [1.807, 2.05) is 30.3 Å². The van der Waals surface area contributed by atoms with E-state index in [0.29, 0.717) is 17.9 Å². The third-order valence-electron chi connectivity index (χ3n) is 4.37. The van der Waals surface area contributed by atoms with Gasteiger partial charge in [0.25, 0.3) is 6.43 Å². The van der Waals surface area contributed by atoms with Gasteiger partial charge in [-0.15, -0.1) is 10.2 Å². The summed E-state index contributed by atoms with van der Waals surface area (Å²) in [7, 11) is 1.58. The van der Waals surface area contributed by atoms with Gasteiger partial charge in [-0.05, 0) is 54.1 Å². The molecule has 0 atom stereocenters. The number of aromatic nitrogens is 3. The normalized spacial score (nSPS) is 11.4. The molecule has 0 N–H and O–H groups in total. The third-order valence-corrected chi connectivity index (χ3v) is 4.99. The van der Waals surface area contributed by atoms with Crippen LogP contribution >= 0.6 is 11.8 Å². The van der Waals surface area contributed by atoms with Crippen LogP contribution < -0.4 is 9.47 Å². The highest BCUT2D eigenvalue weighted by Gasteiger charge is 2.19. The zero-order chi connectivity index (χ0) is 21.5. The van der Waals surface area contributed by atoms with E-state index in [0.717, 1.165) is 22.4 Å². The van der Waals surface area contributed by atoms with Crippen LogP contribution in [0.4, 0.5) is 8.78 Å². The number of aryl methyl sites for hydroxylation is 1. The molecule has 30 heavy (non-hydrogen) atoms. The quantitative estimate of drug-likeness (QED) is 0.353. The van der Waals surface area contributed by atoms with Gasteiger partial charge in [-0.1, -0.05) is 30.8 Å². The van der Waals surface area contributed by atoms with Crippen LogP contribution in [0.3, 0.4) is 0 Å². The van der Waals surface area contributed by atoms with E-state index in [4.69, 9.17) is 9.47 Å². The minimum absolute atomic E-state index is 0.286. The lowest BCUT2D eigenvalue weighted by Gasteiger charge is -2.11. The van der Waals surface area contributed by atoms with Crippen LogP contribution in [-0.4, -0.2) is 34.5 Å². The molecule has 0 saturated carbocycles. The molecule has 0 radical (unpaired) electrons. The molecule has 9 heteroatoms. The predicted octanol–water partition coefficient (Wildman–Crippen LogP) is 4.97. The molecule has 0 saturated heterocycles. The highest BCUT2D eigenvalue weighted by Crippen LogP contribution is 2.24. The zero-order valence-electron chi connectivity index (χ0n) is 16.9. The first-order valence-electron chi connectivity index (χ1n) is 9.26. The summed E-state index contributed by atoms with van der Waals surface area (Å²) in [5.41, 5.74) is 2.75. The van der Waals surface area contributed by atoms with E-state index in [-0.39, 0.29) is 5.16 Å². The highest BCUT2D eigenvalue weighted by molar-refractivity contribution is 7.98. The van der Waals surface area contributed by atoms with Crippen molar-refractivity contribution in [3.05, 3.63) is 65.0 Å². The summed E-state index contributed by atoms with van der Waals surface area (Å²) in [5.74, 6) is 0.923. The number of nitrogens with zero attached hydrogens (tertiary/aromatic N) is 4. The molecule has 3 aromatic rings. The summed E-state index contributed by atoms with van der Waals surface area (Å²) in [6, 6.07) is 13.3. The second-order valence-electron chi connectivity index (χ2n) is 6.26. The Morgan fingerprint density at radius 2 is 1.93 bits per heavy atom. The Hall–Kier alpha value is -2.94. The molecule has 2 aromatic carbocycles. The Bertz CT molecular complexity index is 1010. The van der Waals surface area contributed by atoms with Gasteiger partial charge in [-0.3, -0.25) is 0 Å². The Labute approximate surface area is 177 Å². The van der Waals surface area contributed by atoms with Gasteiger partial charge in [0.2, 0.25) is 11.0 Å². The van der Waals surface area contributed by atoms with E-state index < -0.39 is 12.2 Å². The topological polar surface area (TPSA) is 61.5 Å². The second kappa shape index (κ2) is 10.2. The molecule has 1 aromatic heterocycles. The molecule has 0 unspecified atom stereocenters. The molecule has 0 bridgehead atoms. The van der Waals surface area contributed by atoms with Crippen LogP contribution in [0.2, 0.25) is 0 Å². The third kappa shape index (κ3) is 5.15. The van der Waals surface area contributed by atoms with Crippen molar-refractivity contribution < 1.29 is 18.3 Å². The summed E-state index contributed by atoms with van der Waals surface area (Å²) in [6.45, 7) is 2.39. The average Bonchev–Trinajstić information content (AvgIpc) is 3.20. The first-order valence-corrected chi connectivity index (χ1v) is 10.5. The number of ether oxygens (including phenoxy) is 2. The fourth-order valence-electron chi connectivity index (χ4n) is 2.75. The number of alkyl halides is 2. The van der Waals surface area contributed by atoms with Gasteiger partial charge < -0.3 is 9.47 Å². The molecule has 0 aliphatic carbocycles. The average molecular weight is 432 g/mol. The lowest BCUT2D eigenvalue weighted by atomic mass is 10.1. The van der Waals surface area contributed by atoms with Crippen molar-refractivity contribution in [2.24, 2.45) is 5.10 Å². The van der Waals surface area contributed by atoms with Crippen LogP contribution in [0.25, 0.3) is 0 Å². The van der Waals surface area contributed by atoms with Gasteiger partial charge in [0.15, 0.2) is 0 Å². The van der Waals surface area contributed by atoms with Gasteiger partial charge in [-0.2, -0.15) is 9.78 Å². The largest absolute Gasteiger partial charge is 0.496 e. The van der Waals surface area contributed by atoms with Crippen molar-refractivity contribution in [1.82, 2.24) is 14.9 Å². The maximum atomic E-state index is 13.1. The fourth-order valence-corrected chi connectivity index (χ4v) is 3.18. The molecule has 0 spiro atoms. The van der Waals surface area contributed by atoms with Crippen molar-refractivity contribution in [3.8, 4) is 11.5 Å². The monoisotopic (exact) mass is 432 g/mol. The van der Waals surface area contributed by atoms with Crippen LogP contribution in [0.15, 0.2) is 52.7 Å². The maximum absolute atomic E-state index is 13.1. The first kappa shape index (κ1) is 21.8. The number of halogens is 2. The molecule has 0 aliphatic rings. The molecule has 0 fully saturated rings. The predicted molar refractivity (Wildman–Crippen MR) is 113 cm³/mol. The zero-order valence-corrected chi connectivity index (χ0v) is 17.7. The molecule has 6 nitrogen and oxygen atoms in total. The van der Waals surface area contributed by atoms with E-state index in [1.165, 1.54) is 23.5 Å². The highest BCUT2D eigenvalue weighted by atomic mass is 32.2. The number of thioether (sulfide) groups is 1. The van der Waals surface area contributed by atoms with Crippen LogP contribution in [0.1, 0.15) is 35.9 Å². The lowest BCUT2D eigenvalue weighted by Crippen LogP contribution is -2.02. The molecule has 0 aliphatic heterocycles. The first-order chi connectivity index (χ1) is 14.5.